The fraction of sp³-hybridized carbons (Fsp3) is 0.435. The maximum Gasteiger partial charge on any atom is 0.344 e. The molecule has 0 saturated carbocycles. The van der Waals surface area contributed by atoms with Crippen LogP contribution in [-0.4, -0.2) is 47.2 Å². The third-order valence-electron chi connectivity index (χ3n) is 4.76. The van der Waals surface area contributed by atoms with Gasteiger partial charge >= 0.3 is 11.6 Å². The molecule has 9 heteroatoms. The van der Waals surface area contributed by atoms with Crippen LogP contribution in [0.1, 0.15) is 20.3 Å². The van der Waals surface area contributed by atoms with Crippen LogP contribution in [0, 0.1) is 5.92 Å². The first kappa shape index (κ1) is 24.3. The van der Waals surface area contributed by atoms with Crippen LogP contribution in [0.2, 0.25) is 0 Å². The van der Waals surface area contributed by atoms with Gasteiger partial charge < -0.3 is 18.3 Å². The minimum Gasteiger partial charge on any atom is -0.477 e. The zero-order valence-corrected chi connectivity index (χ0v) is 19.8. The monoisotopic (exact) mass is 477 g/mol. The van der Waals surface area contributed by atoms with E-state index in [1.165, 1.54) is 18.7 Å². The molecule has 0 bridgehead atoms. The molecule has 0 radical (unpaired) electrons. The van der Waals surface area contributed by atoms with Crippen molar-refractivity contribution in [2.45, 2.75) is 20.3 Å². The number of rotatable bonds is 13. The number of hydrogen-bond acceptors (Lipinski definition) is 9. The topological polar surface area (TPSA) is 91.8 Å². The van der Waals surface area contributed by atoms with E-state index in [2.05, 4.69) is 4.98 Å². The Morgan fingerprint density at radius 3 is 2.66 bits per heavy atom. The molecule has 3 aromatic heterocycles. The van der Waals surface area contributed by atoms with Crippen LogP contribution < -0.4 is 10.4 Å². The molecule has 3 heterocycles. The normalized spacial score (nSPS) is 12.1. The molecule has 1 unspecified atom stereocenters. The van der Waals surface area contributed by atoms with E-state index in [0.717, 1.165) is 34.8 Å². The van der Waals surface area contributed by atoms with Crippen molar-refractivity contribution < 1.29 is 23.1 Å². The molecule has 0 amide bonds. The number of hydrogen-bond donors (Lipinski definition) is 0. The summed E-state index contributed by atoms with van der Waals surface area (Å²) in [6.07, 6.45) is 5.33. The predicted molar refractivity (Wildman–Crippen MR) is 129 cm³/mol. The highest BCUT2D eigenvalue weighted by atomic mass is 32.2. The molecule has 0 saturated heterocycles. The molecule has 7 nitrogen and oxygen atoms in total. The lowest BCUT2D eigenvalue weighted by atomic mass is 10.1. The molecule has 32 heavy (non-hydrogen) atoms. The van der Waals surface area contributed by atoms with Gasteiger partial charge in [0.15, 0.2) is 5.58 Å². The SMILES string of the molecule is CCC(C)C(=O)OCCSCCSCCOc1cc2cc(-c3ccoc3)c(=O)oc2cn1. The summed E-state index contributed by atoms with van der Waals surface area (Å²) < 4.78 is 21.4. The summed E-state index contributed by atoms with van der Waals surface area (Å²) in [4.78, 5) is 27.9. The Bertz CT molecular complexity index is 1050. The Kier molecular flexibility index (Phi) is 9.55. The van der Waals surface area contributed by atoms with Gasteiger partial charge in [0.2, 0.25) is 5.88 Å². The Labute approximate surface area is 195 Å². The van der Waals surface area contributed by atoms with Gasteiger partial charge in [0.25, 0.3) is 0 Å². The Hall–Kier alpha value is -2.39. The smallest absolute Gasteiger partial charge is 0.344 e. The summed E-state index contributed by atoms with van der Waals surface area (Å²) in [7, 11) is 0. The van der Waals surface area contributed by atoms with Gasteiger partial charge in [-0.25, -0.2) is 9.78 Å². The highest BCUT2D eigenvalue weighted by molar-refractivity contribution is 8.02. The van der Waals surface area contributed by atoms with Crippen LogP contribution in [0.3, 0.4) is 0 Å². The third-order valence-corrected chi connectivity index (χ3v) is 6.92. The van der Waals surface area contributed by atoms with Crippen LogP contribution in [0.4, 0.5) is 0 Å². The van der Waals surface area contributed by atoms with Crippen LogP contribution in [0.15, 0.2) is 50.6 Å². The van der Waals surface area contributed by atoms with Gasteiger partial charge in [-0.15, -0.1) is 0 Å². The second-order valence-electron chi connectivity index (χ2n) is 7.07. The quantitative estimate of drug-likeness (QED) is 0.252. The molecular weight excluding hydrogens is 450 g/mol. The average Bonchev–Trinajstić information content (AvgIpc) is 3.33. The highest BCUT2D eigenvalue weighted by Gasteiger charge is 2.11. The first-order valence-electron chi connectivity index (χ1n) is 10.5. The van der Waals surface area contributed by atoms with E-state index in [9.17, 15) is 9.59 Å². The molecule has 0 aliphatic heterocycles. The van der Waals surface area contributed by atoms with Gasteiger partial charge in [-0.3, -0.25) is 4.79 Å². The summed E-state index contributed by atoms with van der Waals surface area (Å²) >= 11 is 3.58. The standard InChI is InChI=1S/C23H27NO6S2/c1-3-16(2)22(25)29-7-9-32-11-10-31-8-6-28-21-13-18-12-19(17-4-5-27-15-17)23(26)30-20(18)14-24-21/h4-5,12-16H,3,6-11H2,1-2H3. The average molecular weight is 478 g/mol. The summed E-state index contributed by atoms with van der Waals surface area (Å²) in [6.45, 7) is 4.87. The number of thioether (sulfide) groups is 2. The van der Waals surface area contributed by atoms with Crippen molar-refractivity contribution in [3.8, 4) is 17.0 Å². The number of nitrogens with zero attached hydrogens (tertiary/aromatic N) is 1. The van der Waals surface area contributed by atoms with Gasteiger partial charge in [0, 0.05) is 40.0 Å². The number of furan rings is 1. The van der Waals surface area contributed by atoms with Gasteiger partial charge in [0.05, 0.1) is 36.8 Å². The minimum atomic E-state index is -0.433. The molecule has 3 rings (SSSR count). The second-order valence-corrected chi connectivity index (χ2v) is 9.52. The van der Waals surface area contributed by atoms with E-state index in [0.29, 0.717) is 35.8 Å². The third kappa shape index (κ3) is 7.06. The number of pyridine rings is 1. The van der Waals surface area contributed by atoms with E-state index in [-0.39, 0.29) is 11.9 Å². The first-order valence-corrected chi connectivity index (χ1v) is 12.8. The number of fused-ring (bicyclic) bond motifs is 1. The summed E-state index contributed by atoms with van der Waals surface area (Å²) in [5.74, 6) is 4.01. The molecule has 172 valence electrons. The van der Waals surface area contributed by atoms with Crippen molar-refractivity contribution in [2.24, 2.45) is 5.92 Å². The second kappa shape index (κ2) is 12.6. The van der Waals surface area contributed by atoms with Crippen molar-refractivity contribution in [1.29, 1.82) is 0 Å². The molecule has 0 aliphatic rings. The summed E-state index contributed by atoms with van der Waals surface area (Å²) in [5, 5.41) is 0.740. The lowest BCUT2D eigenvalue weighted by Gasteiger charge is -2.09. The van der Waals surface area contributed by atoms with Crippen LogP contribution in [-0.2, 0) is 9.53 Å². The van der Waals surface area contributed by atoms with Crippen LogP contribution >= 0.6 is 23.5 Å². The van der Waals surface area contributed by atoms with Crippen molar-refractivity contribution in [1.82, 2.24) is 4.98 Å². The number of carbonyl (C=O) groups is 1. The Morgan fingerprint density at radius 2 is 1.94 bits per heavy atom. The fourth-order valence-electron chi connectivity index (χ4n) is 2.74. The minimum absolute atomic E-state index is 0.0234. The molecule has 1 atom stereocenters. The molecule has 0 aliphatic carbocycles. The molecule has 0 aromatic carbocycles. The number of esters is 1. The van der Waals surface area contributed by atoms with Gasteiger partial charge in [-0.2, -0.15) is 23.5 Å². The van der Waals surface area contributed by atoms with Crippen molar-refractivity contribution >= 4 is 40.5 Å². The molecule has 0 N–H and O–H groups in total. The van der Waals surface area contributed by atoms with E-state index < -0.39 is 5.63 Å². The first-order chi connectivity index (χ1) is 15.6. The molecule has 0 spiro atoms. The van der Waals surface area contributed by atoms with E-state index in [4.69, 9.17) is 18.3 Å². The number of ether oxygens (including phenoxy) is 2. The maximum absolute atomic E-state index is 12.1. The Morgan fingerprint density at radius 1 is 1.16 bits per heavy atom. The molecular formula is C23H27NO6S2. The zero-order chi connectivity index (χ0) is 22.8. The van der Waals surface area contributed by atoms with Crippen LogP contribution in [0.25, 0.3) is 22.1 Å². The summed E-state index contributed by atoms with van der Waals surface area (Å²) in [5.41, 5.74) is 1.09. The lowest BCUT2D eigenvalue weighted by molar-refractivity contribution is -0.147. The molecule has 0 fully saturated rings. The van der Waals surface area contributed by atoms with Gasteiger partial charge in [0.1, 0.15) is 6.61 Å². The maximum atomic E-state index is 12.1. The lowest BCUT2D eigenvalue weighted by Crippen LogP contribution is -2.15. The Balaban J connectivity index is 1.35. The van der Waals surface area contributed by atoms with Crippen molar-refractivity contribution in [3.63, 3.8) is 0 Å². The molecule has 3 aromatic rings. The zero-order valence-electron chi connectivity index (χ0n) is 18.2. The number of carbonyl (C=O) groups excluding carboxylic acids is 1. The van der Waals surface area contributed by atoms with Gasteiger partial charge in [-0.1, -0.05) is 13.8 Å². The van der Waals surface area contributed by atoms with Gasteiger partial charge in [-0.05, 0) is 18.6 Å². The fourth-order valence-corrected chi connectivity index (χ4v) is 4.49. The van der Waals surface area contributed by atoms with E-state index in [1.54, 1.807) is 41.7 Å². The predicted octanol–water partition coefficient (Wildman–Crippen LogP) is 4.88. The summed E-state index contributed by atoms with van der Waals surface area (Å²) in [6, 6.07) is 5.24. The largest absolute Gasteiger partial charge is 0.477 e. The van der Waals surface area contributed by atoms with Crippen LogP contribution in [0.5, 0.6) is 5.88 Å². The highest BCUT2D eigenvalue weighted by Crippen LogP contribution is 2.23. The van der Waals surface area contributed by atoms with E-state index >= 15 is 0 Å². The van der Waals surface area contributed by atoms with Crippen molar-refractivity contribution in [2.75, 3.05) is 36.2 Å². The van der Waals surface area contributed by atoms with E-state index in [1.807, 2.05) is 13.8 Å². The number of aromatic nitrogens is 1. The van der Waals surface area contributed by atoms with Crippen molar-refractivity contribution in [3.05, 3.63) is 47.3 Å².